The molecule has 1 saturated heterocycles. The summed E-state index contributed by atoms with van der Waals surface area (Å²) in [5.41, 5.74) is 2.10. The lowest BCUT2D eigenvalue weighted by molar-refractivity contribution is 0.122. The lowest BCUT2D eigenvalue weighted by Gasteiger charge is -2.29. The molecule has 34 heavy (non-hydrogen) atoms. The molecule has 0 amide bonds. The number of halogens is 2. The molecule has 4 aromatic rings. The number of benzene rings is 2. The van der Waals surface area contributed by atoms with Gasteiger partial charge in [0, 0.05) is 41.4 Å². The number of hydrogen-bond acceptors (Lipinski definition) is 7. The number of methoxy groups -OCH3 is 1. The molecule has 5 rings (SSSR count). The van der Waals surface area contributed by atoms with Crippen molar-refractivity contribution in [3.05, 3.63) is 77.9 Å². The van der Waals surface area contributed by atoms with Gasteiger partial charge in [0.1, 0.15) is 29.8 Å². The lowest BCUT2D eigenvalue weighted by atomic mass is 9.98. The molecule has 2 aromatic heterocycles. The molecular formula is C25H22F2N4O3. The van der Waals surface area contributed by atoms with E-state index in [2.05, 4.69) is 19.9 Å². The molecule has 1 aliphatic heterocycles. The second-order valence-electron chi connectivity index (χ2n) is 7.90. The molecule has 0 radical (unpaired) electrons. The summed E-state index contributed by atoms with van der Waals surface area (Å²) in [5, 5.41) is 11.4. The SMILES string of the molecule is COc1ccc(C(O)c2cc(-c3ncnc4cc(N5CCOCC5)ccc34)c(F)cc2F)nc1. The number of morpholine rings is 1. The first-order valence-electron chi connectivity index (χ1n) is 10.8. The van der Waals surface area contributed by atoms with E-state index in [1.807, 2.05) is 18.2 Å². The first kappa shape index (κ1) is 22.1. The predicted octanol–water partition coefficient (Wildman–Crippen LogP) is 3.90. The first-order valence-corrected chi connectivity index (χ1v) is 10.8. The highest BCUT2D eigenvalue weighted by Gasteiger charge is 2.22. The van der Waals surface area contributed by atoms with Crippen LogP contribution >= 0.6 is 0 Å². The highest BCUT2D eigenvalue weighted by atomic mass is 19.1. The van der Waals surface area contributed by atoms with Crippen LogP contribution in [0.5, 0.6) is 5.75 Å². The number of pyridine rings is 1. The van der Waals surface area contributed by atoms with Gasteiger partial charge in [-0.25, -0.2) is 18.7 Å². The van der Waals surface area contributed by atoms with Crippen LogP contribution in [0.15, 0.2) is 55.0 Å². The number of ether oxygens (including phenoxy) is 2. The largest absolute Gasteiger partial charge is 0.495 e. The van der Waals surface area contributed by atoms with Crippen LogP contribution < -0.4 is 9.64 Å². The van der Waals surface area contributed by atoms with Gasteiger partial charge in [-0.3, -0.25) is 4.98 Å². The zero-order chi connectivity index (χ0) is 23.7. The Hall–Kier alpha value is -3.69. The number of rotatable bonds is 5. The Morgan fingerprint density at radius 2 is 1.82 bits per heavy atom. The summed E-state index contributed by atoms with van der Waals surface area (Å²) < 4.78 is 40.1. The van der Waals surface area contributed by atoms with Crippen molar-refractivity contribution in [2.24, 2.45) is 0 Å². The van der Waals surface area contributed by atoms with Crippen molar-refractivity contribution in [2.75, 3.05) is 38.3 Å². The van der Waals surface area contributed by atoms with E-state index in [1.54, 1.807) is 6.07 Å². The van der Waals surface area contributed by atoms with Gasteiger partial charge in [-0.2, -0.15) is 0 Å². The predicted molar refractivity (Wildman–Crippen MR) is 123 cm³/mol. The topological polar surface area (TPSA) is 80.6 Å². The number of aromatic nitrogens is 3. The monoisotopic (exact) mass is 464 g/mol. The van der Waals surface area contributed by atoms with E-state index < -0.39 is 17.7 Å². The fourth-order valence-electron chi connectivity index (χ4n) is 4.07. The van der Waals surface area contributed by atoms with Crippen molar-refractivity contribution < 1.29 is 23.4 Å². The minimum Gasteiger partial charge on any atom is -0.495 e. The smallest absolute Gasteiger partial charge is 0.137 e. The maximum atomic E-state index is 14.9. The molecule has 174 valence electrons. The van der Waals surface area contributed by atoms with Gasteiger partial charge in [-0.05, 0) is 36.4 Å². The van der Waals surface area contributed by atoms with Crippen molar-refractivity contribution in [2.45, 2.75) is 6.10 Å². The Balaban J connectivity index is 1.55. The van der Waals surface area contributed by atoms with Gasteiger partial charge in [-0.15, -0.1) is 0 Å². The normalized spacial score (nSPS) is 14.9. The number of anilines is 1. The Labute approximate surface area is 194 Å². The molecule has 0 aliphatic carbocycles. The molecule has 0 bridgehead atoms. The fourth-order valence-corrected chi connectivity index (χ4v) is 4.07. The van der Waals surface area contributed by atoms with Gasteiger partial charge in [0.2, 0.25) is 0 Å². The van der Waals surface area contributed by atoms with Gasteiger partial charge in [-0.1, -0.05) is 0 Å². The fraction of sp³-hybridized carbons (Fsp3) is 0.240. The first-order chi connectivity index (χ1) is 16.5. The van der Waals surface area contributed by atoms with Crippen LogP contribution in [-0.4, -0.2) is 53.5 Å². The molecule has 1 fully saturated rings. The average Bonchev–Trinajstić information content (AvgIpc) is 2.88. The highest BCUT2D eigenvalue weighted by molar-refractivity contribution is 5.94. The van der Waals surface area contributed by atoms with Crippen molar-refractivity contribution in [1.82, 2.24) is 15.0 Å². The van der Waals surface area contributed by atoms with Crippen molar-refractivity contribution in [3.8, 4) is 17.0 Å². The Morgan fingerprint density at radius 1 is 1.00 bits per heavy atom. The molecular weight excluding hydrogens is 442 g/mol. The second kappa shape index (κ2) is 9.28. The number of hydrogen-bond donors (Lipinski definition) is 1. The van der Waals surface area contributed by atoms with Crippen LogP contribution in [0.1, 0.15) is 17.4 Å². The summed E-state index contributed by atoms with van der Waals surface area (Å²) in [6.07, 6.45) is 1.38. The maximum Gasteiger partial charge on any atom is 0.137 e. The summed E-state index contributed by atoms with van der Waals surface area (Å²) in [7, 11) is 1.50. The van der Waals surface area contributed by atoms with Crippen molar-refractivity contribution in [3.63, 3.8) is 0 Å². The summed E-state index contributed by atoms with van der Waals surface area (Å²) in [6, 6.07) is 10.9. The third-order valence-electron chi connectivity index (χ3n) is 5.91. The molecule has 9 heteroatoms. The minimum atomic E-state index is -1.40. The van der Waals surface area contributed by atoms with Crippen LogP contribution in [0, 0.1) is 11.6 Å². The summed E-state index contributed by atoms with van der Waals surface area (Å²) in [6.45, 7) is 2.86. The van der Waals surface area contributed by atoms with E-state index in [1.165, 1.54) is 31.8 Å². The number of nitrogens with zero attached hydrogens (tertiary/aromatic N) is 4. The third kappa shape index (κ3) is 4.15. The zero-order valence-electron chi connectivity index (χ0n) is 18.4. The van der Waals surface area contributed by atoms with E-state index in [9.17, 15) is 13.9 Å². The Bertz CT molecular complexity index is 1330. The van der Waals surface area contributed by atoms with Crippen molar-refractivity contribution >= 4 is 16.6 Å². The number of fused-ring (bicyclic) bond motifs is 1. The molecule has 0 saturated carbocycles. The molecule has 1 N–H and O–H groups in total. The molecule has 7 nitrogen and oxygen atoms in total. The van der Waals surface area contributed by atoms with Crippen LogP contribution in [0.4, 0.5) is 14.5 Å². The van der Waals surface area contributed by atoms with Gasteiger partial charge < -0.3 is 19.5 Å². The molecule has 2 aromatic carbocycles. The summed E-state index contributed by atoms with van der Waals surface area (Å²) in [4.78, 5) is 15.0. The average molecular weight is 464 g/mol. The standard InChI is InChI=1S/C25H22F2N4O3/c1-33-16-3-5-22(28-13-16)25(32)19-11-18(20(26)12-21(19)27)24-17-4-2-15(10-23(17)29-14-30-24)31-6-8-34-9-7-31/h2-5,10-14,25,32H,6-9H2,1H3. The second-order valence-corrected chi connectivity index (χ2v) is 7.90. The summed E-state index contributed by atoms with van der Waals surface area (Å²) >= 11 is 0. The van der Waals surface area contributed by atoms with E-state index in [-0.39, 0.29) is 16.8 Å². The quantitative estimate of drug-likeness (QED) is 0.480. The van der Waals surface area contributed by atoms with Gasteiger partial charge in [0.25, 0.3) is 0 Å². The molecule has 0 spiro atoms. The molecule has 1 unspecified atom stereocenters. The highest BCUT2D eigenvalue weighted by Crippen LogP contribution is 2.34. The van der Waals surface area contributed by atoms with E-state index >= 15 is 0 Å². The zero-order valence-corrected chi connectivity index (χ0v) is 18.4. The van der Waals surface area contributed by atoms with Crippen LogP contribution in [0.2, 0.25) is 0 Å². The van der Waals surface area contributed by atoms with E-state index in [4.69, 9.17) is 9.47 Å². The van der Waals surface area contributed by atoms with E-state index in [0.717, 1.165) is 24.8 Å². The number of aliphatic hydroxyl groups is 1. The molecule has 1 aliphatic rings. The Morgan fingerprint density at radius 3 is 2.56 bits per heavy atom. The Kier molecular flexibility index (Phi) is 6.04. The van der Waals surface area contributed by atoms with Gasteiger partial charge in [0.15, 0.2) is 0 Å². The van der Waals surface area contributed by atoms with Gasteiger partial charge >= 0.3 is 0 Å². The number of aliphatic hydroxyl groups excluding tert-OH is 1. The van der Waals surface area contributed by atoms with E-state index in [0.29, 0.717) is 35.6 Å². The van der Waals surface area contributed by atoms with Crippen LogP contribution in [-0.2, 0) is 4.74 Å². The van der Waals surface area contributed by atoms with Crippen LogP contribution in [0.3, 0.4) is 0 Å². The van der Waals surface area contributed by atoms with Crippen molar-refractivity contribution in [1.29, 1.82) is 0 Å². The summed E-state index contributed by atoms with van der Waals surface area (Å²) in [5.74, 6) is -1.16. The molecule has 3 heterocycles. The van der Waals surface area contributed by atoms with Crippen LogP contribution in [0.25, 0.3) is 22.2 Å². The lowest BCUT2D eigenvalue weighted by Crippen LogP contribution is -2.36. The van der Waals surface area contributed by atoms with Gasteiger partial charge in [0.05, 0.1) is 43.4 Å². The molecule has 1 atom stereocenters. The minimum absolute atomic E-state index is 0.0653. The third-order valence-corrected chi connectivity index (χ3v) is 5.91. The maximum absolute atomic E-state index is 14.9.